The molecule has 0 aromatic heterocycles. The monoisotopic (exact) mass is 209 g/mol. The summed E-state index contributed by atoms with van der Waals surface area (Å²) in [7, 11) is 1.93. The molecule has 3 heteroatoms. The molecule has 0 bridgehead atoms. The van der Waals surface area contributed by atoms with Gasteiger partial charge in [0.2, 0.25) is 0 Å². The maximum Gasteiger partial charge on any atom is 0.139 e. The topological polar surface area (TPSA) is 12.0 Å². The number of halogens is 1. The summed E-state index contributed by atoms with van der Waals surface area (Å²) in [4.78, 5) is 0. The smallest absolute Gasteiger partial charge is 0.139 e. The summed E-state index contributed by atoms with van der Waals surface area (Å²) in [5.74, 6) is -0.171. The van der Waals surface area contributed by atoms with Crippen LogP contribution in [-0.2, 0) is 0 Å². The minimum atomic E-state index is -0.171. The van der Waals surface area contributed by atoms with Crippen LogP contribution in [0.1, 0.15) is 27.7 Å². The third-order valence-electron chi connectivity index (χ3n) is 1.68. The van der Waals surface area contributed by atoms with Gasteiger partial charge in [0.25, 0.3) is 0 Å². The van der Waals surface area contributed by atoms with E-state index in [1.807, 2.05) is 7.85 Å². The van der Waals surface area contributed by atoms with E-state index < -0.39 is 0 Å². The largest absolute Gasteiger partial charge is 0.312 e. The lowest BCUT2D eigenvalue weighted by Gasteiger charge is -2.10. The molecule has 84 valence electrons. The molecule has 0 amide bonds. The number of benzene rings is 1. The zero-order chi connectivity index (χ0) is 11.8. The molecule has 0 heterocycles. The van der Waals surface area contributed by atoms with Gasteiger partial charge in [-0.1, -0.05) is 45.3 Å². The van der Waals surface area contributed by atoms with Gasteiger partial charge < -0.3 is 5.32 Å². The number of hydrogen-bond donors (Lipinski definition) is 1. The van der Waals surface area contributed by atoms with Crippen molar-refractivity contribution >= 4 is 13.3 Å². The van der Waals surface area contributed by atoms with Crippen molar-refractivity contribution in [1.82, 2.24) is 5.32 Å². The minimum Gasteiger partial charge on any atom is -0.312 e. The first kappa shape index (κ1) is 14.2. The fourth-order valence-electron chi connectivity index (χ4n) is 1.20. The molecule has 15 heavy (non-hydrogen) atoms. The van der Waals surface area contributed by atoms with Crippen LogP contribution in [0.3, 0.4) is 0 Å². The van der Waals surface area contributed by atoms with Gasteiger partial charge in [-0.25, -0.2) is 4.39 Å². The second-order valence-corrected chi connectivity index (χ2v) is 4.27. The van der Waals surface area contributed by atoms with E-state index in [0.29, 0.717) is 12.1 Å². The van der Waals surface area contributed by atoms with E-state index in [2.05, 4.69) is 33.0 Å². The van der Waals surface area contributed by atoms with E-state index in [0.717, 1.165) is 5.46 Å². The molecule has 0 saturated carbocycles. The van der Waals surface area contributed by atoms with E-state index in [9.17, 15) is 4.39 Å². The Morgan fingerprint density at radius 3 is 1.60 bits per heavy atom. The molecule has 0 aliphatic heterocycles. The van der Waals surface area contributed by atoms with Crippen molar-refractivity contribution in [2.45, 2.75) is 39.8 Å². The van der Waals surface area contributed by atoms with Crippen molar-refractivity contribution in [2.24, 2.45) is 0 Å². The third-order valence-corrected chi connectivity index (χ3v) is 1.68. The number of nitrogens with one attached hydrogen (secondary N) is 1. The second-order valence-electron chi connectivity index (χ2n) is 4.27. The average molecular weight is 209 g/mol. The highest BCUT2D eigenvalue weighted by Crippen LogP contribution is 1.89. The summed E-state index contributed by atoms with van der Waals surface area (Å²) in [6.07, 6.45) is 0. The molecule has 1 rings (SSSR count). The molecular weight excluding hydrogens is 188 g/mol. The summed E-state index contributed by atoms with van der Waals surface area (Å²) in [5.41, 5.74) is 1.09. The Hall–Kier alpha value is -0.825. The maximum absolute atomic E-state index is 12.1. The standard InChI is InChI=1S/C6H6BF.C6H15N/c7-5-1-3-6(8)4-2-5;1-5(2)7-6(3)4/h1-4H,7H2;5-7H,1-4H3. The van der Waals surface area contributed by atoms with Crippen LogP contribution >= 0.6 is 0 Å². The minimum absolute atomic E-state index is 0.171. The Morgan fingerprint density at radius 1 is 1.00 bits per heavy atom. The molecule has 1 aromatic rings. The maximum atomic E-state index is 12.1. The van der Waals surface area contributed by atoms with Crippen molar-refractivity contribution in [3.05, 3.63) is 30.1 Å². The van der Waals surface area contributed by atoms with Crippen LogP contribution in [0.4, 0.5) is 4.39 Å². The molecule has 0 saturated heterocycles. The summed E-state index contributed by atoms with van der Waals surface area (Å²) in [5, 5.41) is 3.31. The van der Waals surface area contributed by atoms with E-state index in [1.165, 1.54) is 12.1 Å². The summed E-state index contributed by atoms with van der Waals surface area (Å²) >= 11 is 0. The predicted molar refractivity (Wildman–Crippen MR) is 68.0 cm³/mol. The Kier molecular flexibility index (Phi) is 7.05. The Labute approximate surface area is 93.5 Å². The van der Waals surface area contributed by atoms with Gasteiger partial charge in [-0.3, -0.25) is 0 Å². The fourth-order valence-corrected chi connectivity index (χ4v) is 1.20. The van der Waals surface area contributed by atoms with Crippen molar-refractivity contribution in [2.75, 3.05) is 0 Å². The lowest BCUT2D eigenvalue weighted by atomic mass is 9.97. The van der Waals surface area contributed by atoms with Gasteiger partial charge in [0.1, 0.15) is 13.7 Å². The van der Waals surface area contributed by atoms with Gasteiger partial charge in [-0.2, -0.15) is 0 Å². The van der Waals surface area contributed by atoms with Crippen molar-refractivity contribution < 1.29 is 4.39 Å². The fraction of sp³-hybridized carbons (Fsp3) is 0.500. The van der Waals surface area contributed by atoms with Crippen LogP contribution in [0.2, 0.25) is 0 Å². The molecule has 0 spiro atoms. The molecule has 0 aliphatic carbocycles. The molecule has 0 unspecified atom stereocenters. The highest BCUT2D eigenvalue weighted by atomic mass is 19.1. The van der Waals surface area contributed by atoms with Crippen LogP contribution < -0.4 is 10.8 Å². The number of hydrogen-bond acceptors (Lipinski definition) is 1. The van der Waals surface area contributed by atoms with Gasteiger partial charge in [0.05, 0.1) is 0 Å². The van der Waals surface area contributed by atoms with Gasteiger partial charge >= 0.3 is 0 Å². The van der Waals surface area contributed by atoms with Crippen LogP contribution in [0, 0.1) is 5.82 Å². The molecule has 1 nitrogen and oxygen atoms in total. The Bertz CT molecular complexity index is 230. The highest BCUT2D eigenvalue weighted by molar-refractivity contribution is 6.32. The molecule has 0 aliphatic rings. The molecule has 1 N–H and O–H groups in total. The van der Waals surface area contributed by atoms with Gasteiger partial charge in [-0.15, -0.1) is 0 Å². The molecule has 0 fully saturated rings. The first-order chi connectivity index (χ1) is 6.91. The first-order valence-corrected chi connectivity index (χ1v) is 5.40. The Morgan fingerprint density at radius 2 is 1.40 bits per heavy atom. The van der Waals surface area contributed by atoms with Gasteiger partial charge in [0.15, 0.2) is 0 Å². The van der Waals surface area contributed by atoms with Crippen molar-refractivity contribution in [3.63, 3.8) is 0 Å². The Balaban J connectivity index is 0.000000265. The highest BCUT2D eigenvalue weighted by Gasteiger charge is 1.92. The second kappa shape index (κ2) is 7.46. The SMILES string of the molecule is Bc1ccc(F)cc1.CC(C)NC(C)C. The summed E-state index contributed by atoms with van der Waals surface area (Å²) in [6.45, 7) is 8.61. The van der Waals surface area contributed by atoms with Crippen molar-refractivity contribution in [1.29, 1.82) is 0 Å². The normalized spacial score (nSPS) is 10.1. The first-order valence-electron chi connectivity index (χ1n) is 5.40. The van der Waals surface area contributed by atoms with Crippen LogP contribution in [0.25, 0.3) is 0 Å². The van der Waals surface area contributed by atoms with Gasteiger partial charge in [0, 0.05) is 12.1 Å². The van der Waals surface area contributed by atoms with Gasteiger partial charge in [-0.05, 0) is 12.1 Å². The zero-order valence-corrected chi connectivity index (χ0v) is 10.3. The van der Waals surface area contributed by atoms with Crippen LogP contribution in [0.5, 0.6) is 0 Å². The quantitative estimate of drug-likeness (QED) is 0.727. The van der Waals surface area contributed by atoms with E-state index in [1.54, 1.807) is 12.1 Å². The molecule has 0 radical (unpaired) electrons. The molecule has 1 aromatic carbocycles. The lowest BCUT2D eigenvalue weighted by Crippen LogP contribution is -2.29. The zero-order valence-electron chi connectivity index (χ0n) is 10.3. The van der Waals surface area contributed by atoms with Crippen LogP contribution in [0.15, 0.2) is 24.3 Å². The molecular formula is C12H21BFN. The van der Waals surface area contributed by atoms with Crippen molar-refractivity contribution in [3.8, 4) is 0 Å². The van der Waals surface area contributed by atoms with Crippen LogP contribution in [-0.4, -0.2) is 19.9 Å². The molecule has 0 atom stereocenters. The predicted octanol–water partition coefficient (Wildman–Crippen LogP) is 1.48. The summed E-state index contributed by atoms with van der Waals surface area (Å²) in [6, 6.07) is 7.65. The lowest BCUT2D eigenvalue weighted by molar-refractivity contribution is 0.518. The average Bonchev–Trinajstić information content (AvgIpc) is 2.09. The van der Waals surface area contributed by atoms with E-state index in [4.69, 9.17) is 0 Å². The van der Waals surface area contributed by atoms with E-state index >= 15 is 0 Å². The third kappa shape index (κ3) is 9.48. The summed E-state index contributed by atoms with van der Waals surface area (Å²) < 4.78 is 12.1. The van der Waals surface area contributed by atoms with E-state index in [-0.39, 0.29) is 5.82 Å². The number of rotatable bonds is 2.